The summed E-state index contributed by atoms with van der Waals surface area (Å²) in [6.45, 7) is 4.41. The molecule has 0 saturated carbocycles. The minimum absolute atomic E-state index is 0.220. The zero-order valence-electron chi connectivity index (χ0n) is 6.54. The highest BCUT2D eigenvalue weighted by Gasteiger charge is 2.70. The predicted octanol–water partition coefficient (Wildman–Crippen LogP) is -0.330. The summed E-state index contributed by atoms with van der Waals surface area (Å²) in [6.07, 6.45) is 1.63. The first-order valence-corrected chi connectivity index (χ1v) is 3.91. The van der Waals surface area contributed by atoms with Gasteiger partial charge in [-0.15, -0.1) is 0 Å². The monoisotopic (exact) mass is 141 g/mol. The van der Waals surface area contributed by atoms with Gasteiger partial charge in [0.1, 0.15) is 0 Å². The molecule has 2 saturated heterocycles. The normalized spacial score (nSPS) is 64.8. The Morgan fingerprint density at radius 3 is 2.30 bits per heavy atom. The minimum atomic E-state index is 0.220. The molecule has 4 N–H and O–H groups in total. The molecule has 2 aliphatic heterocycles. The van der Waals surface area contributed by atoms with E-state index >= 15 is 0 Å². The average molecular weight is 141 g/mol. The molecule has 3 nitrogen and oxygen atoms in total. The van der Waals surface area contributed by atoms with Crippen molar-refractivity contribution >= 4 is 0 Å². The fourth-order valence-corrected chi connectivity index (χ4v) is 2.21. The van der Waals surface area contributed by atoms with Gasteiger partial charge in [0, 0.05) is 11.5 Å². The summed E-state index contributed by atoms with van der Waals surface area (Å²) in [5, 5.41) is 0. The highest BCUT2D eigenvalue weighted by Crippen LogP contribution is 2.56. The molecule has 10 heavy (non-hydrogen) atoms. The molecule has 0 spiro atoms. The van der Waals surface area contributed by atoms with E-state index in [1.165, 1.54) is 0 Å². The van der Waals surface area contributed by atoms with Crippen molar-refractivity contribution < 1.29 is 0 Å². The van der Waals surface area contributed by atoms with Gasteiger partial charge in [-0.2, -0.15) is 0 Å². The van der Waals surface area contributed by atoms with E-state index in [4.69, 9.17) is 11.5 Å². The summed E-state index contributed by atoms with van der Waals surface area (Å²) in [5.41, 5.74) is 12.0. The zero-order chi connectivity index (χ0) is 7.52. The van der Waals surface area contributed by atoms with Gasteiger partial charge in [0.2, 0.25) is 0 Å². The number of nitrogens with two attached hydrogens (primary N) is 2. The molecule has 0 aromatic rings. The number of fused-ring (bicyclic) bond motifs is 1. The topological polar surface area (TPSA) is 55.0 Å². The molecule has 2 aliphatic rings. The van der Waals surface area contributed by atoms with E-state index in [1.54, 1.807) is 0 Å². The van der Waals surface area contributed by atoms with Gasteiger partial charge in [-0.1, -0.05) is 13.8 Å². The van der Waals surface area contributed by atoms with Crippen LogP contribution < -0.4 is 11.5 Å². The maximum atomic E-state index is 5.89. The van der Waals surface area contributed by atoms with Crippen molar-refractivity contribution in [2.24, 2.45) is 16.9 Å². The number of hydrogen-bond donors (Lipinski definition) is 2. The second-order valence-corrected chi connectivity index (χ2v) is 3.69. The molecule has 0 amide bonds. The third-order valence-electron chi connectivity index (χ3n) is 3.33. The van der Waals surface area contributed by atoms with Crippen molar-refractivity contribution in [3.63, 3.8) is 0 Å². The minimum Gasteiger partial charge on any atom is -0.315 e. The highest BCUT2D eigenvalue weighted by atomic mass is 15.5. The molecule has 2 fully saturated rings. The molecule has 58 valence electrons. The van der Waals surface area contributed by atoms with Crippen LogP contribution in [0, 0.1) is 5.41 Å². The molecule has 0 aromatic carbocycles. The number of nitrogens with zero attached hydrogens (tertiary/aromatic N) is 1. The first-order valence-electron chi connectivity index (χ1n) is 3.91. The van der Waals surface area contributed by atoms with Crippen LogP contribution in [0.2, 0.25) is 0 Å². The van der Waals surface area contributed by atoms with E-state index in [0.29, 0.717) is 11.5 Å². The van der Waals surface area contributed by atoms with Crippen LogP contribution in [0.15, 0.2) is 0 Å². The quantitative estimate of drug-likeness (QED) is 0.492. The standard InChI is InChI=1S/C7H15N3/c1-3-7(2)4-5(8)10(4)6(7)9/h4-6H,3,8-9H2,1-2H3/t4?,5?,6?,7?,10-/m1/s1. The van der Waals surface area contributed by atoms with Crippen molar-refractivity contribution in [2.75, 3.05) is 0 Å². The van der Waals surface area contributed by atoms with Crippen molar-refractivity contribution in [1.29, 1.82) is 0 Å². The fraction of sp³-hybridized carbons (Fsp3) is 1.00. The van der Waals surface area contributed by atoms with Gasteiger partial charge in [0.25, 0.3) is 0 Å². The lowest BCUT2D eigenvalue weighted by Gasteiger charge is -2.43. The zero-order valence-corrected chi connectivity index (χ0v) is 6.54. The Balaban J connectivity index is 2.14. The van der Waals surface area contributed by atoms with Crippen LogP contribution in [0.25, 0.3) is 0 Å². The van der Waals surface area contributed by atoms with Crippen LogP contribution in [0.1, 0.15) is 20.3 Å². The summed E-state index contributed by atoms with van der Waals surface area (Å²) in [5.74, 6) is 0. The summed E-state index contributed by atoms with van der Waals surface area (Å²) in [6, 6.07) is 0.590. The van der Waals surface area contributed by atoms with Crippen molar-refractivity contribution in [3.05, 3.63) is 0 Å². The largest absolute Gasteiger partial charge is 0.315 e. The van der Waals surface area contributed by atoms with E-state index in [9.17, 15) is 0 Å². The second-order valence-electron chi connectivity index (χ2n) is 3.69. The lowest BCUT2D eigenvalue weighted by Crippen LogP contribution is -2.58. The van der Waals surface area contributed by atoms with Crippen molar-refractivity contribution in [1.82, 2.24) is 4.90 Å². The maximum absolute atomic E-state index is 5.89. The van der Waals surface area contributed by atoms with Crippen LogP contribution in [0.5, 0.6) is 0 Å². The van der Waals surface area contributed by atoms with E-state index in [0.717, 1.165) is 6.42 Å². The smallest absolute Gasteiger partial charge is 0.0756 e. The predicted molar refractivity (Wildman–Crippen MR) is 40.0 cm³/mol. The Bertz CT molecular complexity index is 162. The molecule has 0 radical (unpaired) electrons. The maximum Gasteiger partial charge on any atom is 0.0756 e. The van der Waals surface area contributed by atoms with Gasteiger partial charge in [-0.25, -0.2) is 0 Å². The molecule has 5 atom stereocenters. The van der Waals surface area contributed by atoms with E-state index in [-0.39, 0.29) is 12.3 Å². The summed E-state index contributed by atoms with van der Waals surface area (Å²) in [4.78, 5) is 2.17. The third-order valence-corrected chi connectivity index (χ3v) is 3.33. The van der Waals surface area contributed by atoms with Gasteiger partial charge < -0.3 is 11.5 Å². The SMILES string of the molecule is CCC1(C)C(N)[N@@]2C(N)C21. The molecule has 0 aliphatic carbocycles. The Morgan fingerprint density at radius 1 is 1.50 bits per heavy atom. The third kappa shape index (κ3) is 0.447. The number of hydrogen-bond acceptors (Lipinski definition) is 3. The average Bonchev–Trinajstić information content (AvgIpc) is 2.57. The van der Waals surface area contributed by atoms with Gasteiger partial charge in [-0.3, -0.25) is 4.90 Å². The molecule has 0 aromatic heterocycles. The lowest BCUT2D eigenvalue weighted by molar-refractivity contribution is 0.0373. The number of rotatable bonds is 1. The van der Waals surface area contributed by atoms with Crippen LogP contribution in [-0.4, -0.2) is 23.3 Å². The molecule has 3 heteroatoms. The van der Waals surface area contributed by atoms with Crippen LogP contribution in [0.3, 0.4) is 0 Å². The lowest BCUT2D eigenvalue weighted by atomic mass is 9.76. The summed E-state index contributed by atoms with van der Waals surface area (Å²) < 4.78 is 0. The van der Waals surface area contributed by atoms with Gasteiger partial charge in [-0.05, 0) is 6.42 Å². The fourth-order valence-electron chi connectivity index (χ4n) is 2.21. The Hall–Kier alpha value is -0.120. The first-order chi connectivity index (χ1) is 4.63. The summed E-state index contributed by atoms with van der Waals surface area (Å²) in [7, 11) is 0. The molecular formula is C7H15N3. The van der Waals surface area contributed by atoms with E-state index < -0.39 is 0 Å². The Labute approximate surface area is 61.4 Å². The van der Waals surface area contributed by atoms with Gasteiger partial charge in [0.05, 0.1) is 12.3 Å². The highest BCUT2D eigenvalue weighted by molar-refractivity contribution is 5.22. The van der Waals surface area contributed by atoms with Crippen LogP contribution in [0.4, 0.5) is 0 Å². The molecule has 2 heterocycles. The van der Waals surface area contributed by atoms with Crippen molar-refractivity contribution in [3.8, 4) is 0 Å². The summed E-state index contributed by atoms with van der Waals surface area (Å²) >= 11 is 0. The second kappa shape index (κ2) is 1.55. The van der Waals surface area contributed by atoms with Gasteiger partial charge in [0.15, 0.2) is 0 Å². The van der Waals surface area contributed by atoms with Crippen LogP contribution in [-0.2, 0) is 0 Å². The first kappa shape index (κ1) is 6.58. The van der Waals surface area contributed by atoms with E-state index in [2.05, 4.69) is 18.7 Å². The van der Waals surface area contributed by atoms with Crippen LogP contribution >= 0.6 is 0 Å². The molecular weight excluding hydrogens is 126 g/mol. The van der Waals surface area contributed by atoms with Crippen molar-refractivity contribution in [2.45, 2.75) is 38.6 Å². The Morgan fingerprint density at radius 2 is 2.10 bits per heavy atom. The molecule has 2 rings (SSSR count). The van der Waals surface area contributed by atoms with Gasteiger partial charge >= 0.3 is 0 Å². The molecule has 0 bridgehead atoms. The van der Waals surface area contributed by atoms with E-state index in [1.807, 2.05) is 0 Å². The Kier molecular flexibility index (Phi) is 1.02. The molecule has 4 unspecified atom stereocenters.